The highest BCUT2D eigenvalue weighted by atomic mass is 16.6. The molecular weight excluding hydrogens is 358 g/mol. The fraction of sp³-hybridized carbons (Fsp3) is 1.00. The summed E-state index contributed by atoms with van der Waals surface area (Å²) in [4.78, 5) is 0. The van der Waals surface area contributed by atoms with Crippen molar-refractivity contribution < 1.29 is 37.9 Å². The summed E-state index contributed by atoms with van der Waals surface area (Å²) in [6.45, 7) is 8.33. The summed E-state index contributed by atoms with van der Waals surface area (Å²) in [5, 5.41) is 0. The molecule has 9 heteroatoms. The van der Waals surface area contributed by atoms with Gasteiger partial charge in [-0.1, -0.05) is 0 Å². The summed E-state index contributed by atoms with van der Waals surface area (Å²) in [7, 11) is 3.29. The van der Waals surface area contributed by atoms with Gasteiger partial charge in [0, 0.05) is 20.1 Å². The Balaban J connectivity index is 3.28. The zero-order valence-electron chi connectivity index (χ0n) is 17.0. The van der Waals surface area contributed by atoms with Crippen LogP contribution < -0.4 is 5.73 Å². The lowest BCUT2D eigenvalue weighted by atomic mass is 10.2. The number of nitrogens with two attached hydrogens (primary N) is 1. The van der Waals surface area contributed by atoms with Crippen LogP contribution in [0.5, 0.6) is 0 Å². The Kier molecular flexibility index (Phi) is 23.4. The van der Waals surface area contributed by atoms with E-state index in [-0.39, 0.29) is 5.92 Å². The SMILES string of the molecule is COCCOCCOCCOCC(CN)COCCOCCOCCOC. The van der Waals surface area contributed by atoms with Crippen molar-refractivity contribution in [2.45, 2.75) is 0 Å². The summed E-state index contributed by atoms with van der Waals surface area (Å²) >= 11 is 0. The Hall–Kier alpha value is -0.360. The van der Waals surface area contributed by atoms with Crippen LogP contribution in [0.25, 0.3) is 0 Å². The second kappa shape index (κ2) is 23.7. The van der Waals surface area contributed by atoms with Gasteiger partial charge in [0.05, 0.1) is 92.5 Å². The van der Waals surface area contributed by atoms with Crippen LogP contribution >= 0.6 is 0 Å². The van der Waals surface area contributed by atoms with Gasteiger partial charge in [-0.15, -0.1) is 0 Å². The Morgan fingerprint density at radius 2 is 0.778 bits per heavy atom. The highest BCUT2D eigenvalue weighted by Gasteiger charge is 2.07. The Labute approximate surface area is 163 Å². The maximum absolute atomic E-state index is 5.74. The topological polar surface area (TPSA) is 99.9 Å². The zero-order chi connectivity index (χ0) is 19.8. The van der Waals surface area contributed by atoms with Crippen molar-refractivity contribution >= 4 is 0 Å². The Morgan fingerprint density at radius 3 is 1.07 bits per heavy atom. The van der Waals surface area contributed by atoms with Crippen LogP contribution in [0.4, 0.5) is 0 Å². The lowest BCUT2D eigenvalue weighted by Crippen LogP contribution is -2.26. The molecule has 0 amide bonds. The molecule has 0 rings (SSSR count). The zero-order valence-corrected chi connectivity index (χ0v) is 17.0. The number of ether oxygens (including phenoxy) is 8. The molecule has 27 heavy (non-hydrogen) atoms. The Bertz CT molecular complexity index is 250. The molecular formula is C18H39NO8. The third-order valence-corrected chi connectivity index (χ3v) is 3.39. The van der Waals surface area contributed by atoms with Gasteiger partial charge in [0.15, 0.2) is 0 Å². The lowest BCUT2D eigenvalue weighted by molar-refractivity contribution is -0.0198. The van der Waals surface area contributed by atoms with E-state index in [1.807, 2.05) is 0 Å². The molecule has 0 atom stereocenters. The van der Waals surface area contributed by atoms with E-state index in [9.17, 15) is 0 Å². The molecule has 0 aromatic carbocycles. The van der Waals surface area contributed by atoms with Gasteiger partial charge in [-0.2, -0.15) is 0 Å². The lowest BCUT2D eigenvalue weighted by Gasteiger charge is -2.15. The largest absolute Gasteiger partial charge is 0.382 e. The standard InChI is InChI=1S/C18H39NO8/c1-20-3-5-22-7-9-24-11-13-26-16-18(15-19)17-27-14-12-25-10-8-23-6-4-21-2/h18H,3-17,19H2,1-2H3. The first-order valence-corrected chi connectivity index (χ1v) is 9.49. The monoisotopic (exact) mass is 397 g/mol. The van der Waals surface area contributed by atoms with Crippen LogP contribution in [0.1, 0.15) is 0 Å². The minimum atomic E-state index is 0.166. The fourth-order valence-corrected chi connectivity index (χ4v) is 1.85. The molecule has 2 N–H and O–H groups in total. The molecule has 0 aliphatic rings. The summed E-state index contributed by atoms with van der Waals surface area (Å²) < 4.78 is 42.3. The number of rotatable bonds is 23. The summed E-state index contributed by atoms with van der Waals surface area (Å²) in [6.07, 6.45) is 0. The molecule has 0 saturated carbocycles. The van der Waals surface area contributed by atoms with Gasteiger partial charge in [0.1, 0.15) is 0 Å². The van der Waals surface area contributed by atoms with Crippen LogP contribution in [-0.2, 0) is 37.9 Å². The predicted molar refractivity (Wildman–Crippen MR) is 101 cm³/mol. The van der Waals surface area contributed by atoms with Gasteiger partial charge >= 0.3 is 0 Å². The van der Waals surface area contributed by atoms with Crippen molar-refractivity contribution in [1.29, 1.82) is 0 Å². The van der Waals surface area contributed by atoms with Gasteiger partial charge in [0.2, 0.25) is 0 Å². The maximum Gasteiger partial charge on any atom is 0.0701 e. The van der Waals surface area contributed by atoms with Gasteiger partial charge in [-0.25, -0.2) is 0 Å². The molecule has 0 fully saturated rings. The summed E-state index contributed by atoms with van der Waals surface area (Å²) in [6, 6.07) is 0. The van der Waals surface area contributed by atoms with E-state index >= 15 is 0 Å². The van der Waals surface area contributed by atoms with E-state index in [1.165, 1.54) is 0 Å². The molecule has 0 saturated heterocycles. The van der Waals surface area contributed by atoms with E-state index < -0.39 is 0 Å². The van der Waals surface area contributed by atoms with Crippen molar-refractivity contribution in [2.24, 2.45) is 11.7 Å². The molecule has 0 bridgehead atoms. The maximum atomic E-state index is 5.74. The molecule has 0 aromatic rings. The van der Waals surface area contributed by atoms with Crippen molar-refractivity contribution in [3.05, 3.63) is 0 Å². The first kappa shape index (κ1) is 26.6. The van der Waals surface area contributed by atoms with Gasteiger partial charge in [-0.05, 0) is 6.54 Å². The van der Waals surface area contributed by atoms with E-state index in [1.54, 1.807) is 14.2 Å². The van der Waals surface area contributed by atoms with Crippen molar-refractivity contribution in [3.8, 4) is 0 Å². The average Bonchev–Trinajstić information content (AvgIpc) is 2.69. The Morgan fingerprint density at radius 1 is 0.481 bits per heavy atom. The highest BCUT2D eigenvalue weighted by Crippen LogP contribution is 1.97. The second-order valence-electron chi connectivity index (χ2n) is 5.69. The first-order chi connectivity index (χ1) is 13.3. The van der Waals surface area contributed by atoms with Crippen molar-refractivity contribution in [3.63, 3.8) is 0 Å². The van der Waals surface area contributed by atoms with Crippen LogP contribution in [0.2, 0.25) is 0 Å². The van der Waals surface area contributed by atoms with E-state index in [0.717, 1.165) is 0 Å². The molecule has 9 nitrogen and oxygen atoms in total. The number of methoxy groups -OCH3 is 2. The van der Waals surface area contributed by atoms with Gasteiger partial charge in [0.25, 0.3) is 0 Å². The van der Waals surface area contributed by atoms with E-state index in [2.05, 4.69) is 0 Å². The van der Waals surface area contributed by atoms with Gasteiger partial charge in [-0.3, -0.25) is 0 Å². The molecule has 0 aliphatic heterocycles. The average molecular weight is 398 g/mol. The first-order valence-electron chi connectivity index (χ1n) is 9.49. The van der Waals surface area contributed by atoms with E-state index in [4.69, 9.17) is 43.6 Å². The van der Waals surface area contributed by atoms with Crippen molar-refractivity contribution in [2.75, 3.05) is 113 Å². The quantitative estimate of drug-likeness (QED) is 0.238. The molecule has 164 valence electrons. The number of hydrogen-bond donors (Lipinski definition) is 1. The summed E-state index contributed by atoms with van der Waals surface area (Å²) in [5.41, 5.74) is 5.74. The van der Waals surface area contributed by atoms with E-state index in [0.29, 0.717) is 99.0 Å². The second-order valence-corrected chi connectivity index (χ2v) is 5.69. The normalized spacial score (nSPS) is 11.6. The molecule has 0 aromatic heterocycles. The molecule has 0 heterocycles. The third-order valence-electron chi connectivity index (χ3n) is 3.39. The van der Waals surface area contributed by atoms with Crippen molar-refractivity contribution in [1.82, 2.24) is 0 Å². The van der Waals surface area contributed by atoms with Crippen LogP contribution in [-0.4, -0.2) is 113 Å². The fourth-order valence-electron chi connectivity index (χ4n) is 1.85. The number of hydrogen-bond acceptors (Lipinski definition) is 9. The molecule has 0 unspecified atom stereocenters. The third kappa shape index (κ3) is 21.8. The molecule has 0 spiro atoms. The van der Waals surface area contributed by atoms with Crippen LogP contribution in [0.15, 0.2) is 0 Å². The van der Waals surface area contributed by atoms with Crippen LogP contribution in [0.3, 0.4) is 0 Å². The van der Waals surface area contributed by atoms with Crippen LogP contribution in [0, 0.1) is 5.92 Å². The molecule has 0 aliphatic carbocycles. The minimum Gasteiger partial charge on any atom is -0.382 e. The molecule has 0 radical (unpaired) electrons. The smallest absolute Gasteiger partial charge is 0.0701 e. The van der Waals surface area contributed by atoms with Gasteiger partial charge < -0.3 is 43.6 Å². The minimum absolute atomic E-state index is 0.166. The predicted octanol–water partition coefficient (Wildman–Crippen LogP) is -0.0463. The highest BCUT2D eigenvalue weighted by molar-refractivity contribution is 4.57. The summed E-state index contributed by atoms with van der Waals surface area (Å²) in [5.74, 6) is 0.166.